The fourth-order valence-electron chi connectivity index (χ4n) is 2.73. The highest BCUT2D eigenvalue weighted by atomic mass is 32.1. The number of benzene rings is 2. The van der Waals surface area contributed by atoms with Crippen LogP contribution in [0.15, 0.2) is 54.6 Å². The second-order valence-electron chi connectivity index (χ2n) is 6.38. The van der Waals surface area contributed by atoms with Crippen LogP contribution in [0.2, 0.25) is 0 Å². The average Bonchev–Trinajstić information content (AvgIpc) is 3.10. The van der Waals surface area contributed by atoms with Gasteiger partial charge in [0.05, 0.1) is 23.9 Å². The summed E-state index contributed by atoms with van der Waals surface area (Å²) in [5.41, 5.74) is -0.214. The number of halogens is 4. The minimum absolute atomic E-state index is 0.170. The normalized spacial score (nSPS) is 11.1. The van der Waals surface area contributed by atoms with Crippen molar-refractivity contribution in [2.45, 2.75) is 12.6 Å². The minimum Gasteiger partial charge on any atom is -0.465 e. The summed E-state index contributed by atoms with van der Waals surface area (Å²) >= 11 is 6.36. The van der Waals surface area contributed by atoms with Gasteiger partial charge in [-0.15, -0.1) is 11.3 Å². The number of rotatable bonds is 5. The third-order valence-electron chi connectivity index (χ3n) is 4.18. The molecule has 2 aromatic carbocycles. The summed E-state index contributed by atoms with van der Waals surface area (Å²) in [7, 11) is 1.23. The maximum atomic E-state index is 14.0. The van der Waals surface area contributed by atoms with Crippen molar-refractivity contribution in [2.75, 3.05) is 17.7 Å². The smallest absolute Gasteiger partial charge is 0.416 e. The molecule has 0 radical (unpaired) electrons. The van der Waals surface area contributed by atoms with E-state index in [-0.39, 0.29) is 10.7 Å². The summed E-state index contributed by atoms with van der Waals surface area (Å²) < 4.78 is 57.5. The van der Waals surface area contributed by atoms with Gasteiger partial charge < -0.3 is 15.4 Å². The molecule has 0 spiro atoms. The topological polar surface area (TPSA) is 50.4 Å². The van der Waals surface area contributed by atoms with Gasteiger partial charge >= 0.3 is 12.1 Å². The maximum absolute atomic E-state index is 14.0. The van der Waals surface area contributed by atoms with Crippen molar-refractivity contribution >= 4 is 45.3 Å². The molecule has 0 aliphatic carbocycles. The Morgan fingerprint density at radius 3 is 2.45 bits per heavy atom. The van der Waals surface area contributed by atoms with Gasteiger partial charge in [0.2, 0.25) is 0 Å². The summed E-state index contributed by atoms with van der Waals surface area (Å²) in [6.07, 6.45) is -4.07. The van der Waals surface area contributed by atoms with E-state index in [9.17, 15) is 22.4 Å². The Kier molecular flexibility index (Phi) is 6.91. The van der Waals surface area contributed by atoms with Crippen LogP contribution in [0.3, 0.4) is 0 Å². The van der Waals surface area contributed by atoms with Gasteiger partial charge in [-0.2, -0.15) is 13.2 Å². The minimum atomic E-state index is -4.63. The first-order valence-corrected chi connectivity index (χ1v) is 10.1. The Bertz CT molecular complexity index is 1100. The molecule has 2 N–H and O–H groups in total. The number of hydrogen-bond acceptors (Lipinski definition) is 4. The number of methoxy groups -OCH3 is 1. The number of esters is 1. The largest absolute Gasteiger partial charge is 0.465 e. The summed E-state index contributed by atoms with van der Waals surface area (Å²) in [4.78, 5) is 13.0. The van der Waals surface area contributed by atoms with Crippen molar-refractivity contribution in [1.82, 2.24) is 0 Å². The Labute approximate surface area is 184 Å². The molecule has 4 nitrogen and oxygen atoms in total. The van der Waals surface area contributed by atoms with Crippen molar-refractivity contribution in [1.29, 1.82) is 0 Å². The number of alkyl halides is 3. The molecule has 0 aliphatic rings. The van der Waals surface area contributed by atoms with Crippen LogP contribution in [0.4, 0.5) is 28.3 Å². The zero-order valence-electron chi connectivity index (χ0n) is 16.0. The predicted octanol–water partition coefficient (Wildman–Crippen LogP) is 6.09. The van der Waals surface area contributed by atoms with E-state index in [0.29, 0.717) is 29.6 Å². The highest BCUT2D eigenvalue weighted by Gasteiger charge is 2.31. The zero-order chi connectivity index (χ0) is 22.6. The van der Waals surface area contributed by atoms with Crippen LogP contribution in [-0.4, -0.2) is 18.2 Å². The van der Waals surface area contributed by atoms with Gasteiger partial charge in [0.15, 0.2) is 5.11 Å². The lowest BCUT2D eigenvalue weighted by Crippen LogP contribution is -2.21. The van der Waals surface area contributed by atoms with Gasteiger partial charge in [0.25, 0.3) is 0 Å². The fraction of sp³-hybridized carbons (Fsp3) is 0.143. The monoisotopic (exact) mass is 468 g/mol. The Hall–Kier alpha value is -2.98. The van der Waals surface area contributed by atoms with Gasteiger partial charge in [-0.3, -0.25) is 0 Å². The second kappa shape index (κ2) is 9.44. The molecule has 0 atom stereocenters. The standard InChI is InChI=1S/C21H16F4N2O2S2/c1-29-19(28)15-11-14(9-12-5-3-2-4-6-12)31-18(15)27-20(30)26-17-10-13(21(23,24)25)7-8-16(17)22/h2-8,10-11H,9H2,1H3,(H2,26,27,30). The first-order valence-electron chi connectivity index (χ1n) is 8.87. The van der Waals surface area contributed by atoms with Crippen LogP contribution in [0.1, 0.15) is 26.4 Å². The van der Waals surface area contributed by atoms with Crippen LogP contribution >= 0.6 is 23.6 Å². The molecule has 0 saturated heterocycles. The van der Waals surface area contributed by atoms with Crippen LogP contribution in [0, 0.1) is 5.82 Å². The van der Waals surface area contributed by atoms with Gasteiger partial charge in [-0.05, 0) is 42.0 Å². The van der Waals surface area contributed by atoms with E-state index in [1.807, 2.05) is 30.3 Å². The molecule has 1 aromatic heterocycles. The van der Waals surface area contributed by atoms with Crippen molar-refractivity contribution in [3.63, 3.8) is 0 Å². The van der Waals surface area contributed by atoms with Crippen LogP contribution < -0.4 is 10.6 Å². The second-order valence-corrected chi connectivity index (χ2v) is 7.93. The third kappa shape index (κ3) is 5.80. The van der Waals surface area contributed by atoms with E-state index in [1.54, 1.807) is 6.07 Å². The lowest BCUT2D eigenvalue weighted by molar-refractivity contribution is -0.137. The van der Waals surface area contributed by atoms with Gasteiger partial charge in [-0.1, -0.05) is 30.3 Å². The fourth-order valence-corrected chi connectivity index (χ4v) is 4.09. The lowest BCUT2D eigenvalue weighted by Gasteiger charge is -2.13. The molecule has 0 saturated carbocycles. The van der Waals surface area contributed by atoms with Gasteiger partial charge in [0, 0.05) is 11.3 Å². The van der Waals surface area contributed by atoms with Crippen molar-refractivity contribution in [3.05, 3.63) is 82.0 Å². The molecule has 3 aromatic rings. The van der Waals surface area contributed by atoms with E-state index in [1.165, 1.54) is 18.4 Å². The molecular weight excluding hydrogens is 452 g/mol. The molecule has 10 heteroatoms. The molecule has 0 bridgehead atoms. The Morgan fingerprint density at radius 2 is 1.81 bits per heavy atom. The lowest BCUT2D eigenvalue weighted by atomic mass is 10.1. The highest BCUT2D eigenvalue weighted by Crippen LogP contribution is 2.33. The molecule has 0 aliphatic heterocycles. The number of thiocarbonyl (C=S) groups is 1. The van der Waals surface area contributed by atoms with Crippen LogP contribution in [0.25, 0.3) is 0 Å². The van der Waals surface area contributed by atoms with E-state index in [2.05, 4.69) is 10.6 Å². The molecule has 3 rings (SSSR count). The Morgan fingerprint density at radius 1 is 1.10 bits per heavy atom. The number of hydrogen-bond donors (Lipinski definition) is 2. The molecule has 1 heterocycles. The number of anilines is 2. The van der Waals surface area contributed by atoms with Crippen LogP contribution in [0.5, 0.6) is 0 Å². The van der Waals surface area contributed by atoms with Crippen molar-refractivity contribution < 1.29 is 27.1 Å². The zero-order valence-corrected chi connectivity index (χ0v) is 17.7. The number of nitrogens with one attached hydrogen (secondary N) is 2. The third-order valence-corrected chi connectivity index (χ3v) is 5.43. The number of ether oxygens (including phenoxy) is 1. The molecule has 31 heavy (non-hydrogen) atoms. The SMILES string of the molecule is COC(=O)c1cc(Cc2ccccc2)sc1NC(=S)Nc1cc(C(F)(F)F)ccc1F. The average molecular weight is 468 g/mol. The summed E-state index contributed by atoms with van der Waals surface area (Å²) in [5, 5.41) is 5.34. The van der Waals surface area contributed by atoms with Gasteiger partial charge in [0.1, 0.15) is 10.8 Å². The molecule has 0 unspecified atom stereocenters. The van der Waals surface area contributed by atoms with E-state index >= 15 is 0 Å². The first kappa shape index (κ1) is 22.7. The molecular formula is C21H16F4N2O2S2. The summed E-state index contributed by atoms with van der Waals surface area (Å²) in [5.74, 6) is -1.51. The molecule has 0 fully saturated rings. The quantitative estimate of drug-likeness (QED) is 0.270. The molecule has 0 amide bonds. The Balaban J connectivity index is 1.81. The number of thiophene rings is 1. The van der Waals surface area contributed by atoms with Crippen LogP contribution in [-0.2, 0) is 17.3 Å². The van der Waals surface area contributed by atoms with Gasteiger partial charge in [-0.25, -0.2) is 9.18 Å². The van der Waals surface area contributed by atoms with Crippen molar-refractivity contribution in [2.24, 2.45) is 0 Å². The summed E-state index contributed by atoms with van der Waals surface area (Å²) in [6, 6.07) is 13.2. The van der Waals surface area contributed by atoms with E-state index < -0.39 is 29.2 Å². The van der Waals surface area contributed by atoms with E-state index in [4.69, 9.17) is 17.0 Å². The highest BCUT2D eigenvalue weighted by molar-refractivity contribution is 7.80. The first-order chi connectivity index (χ1) is 14.7. The summed E-state index contributed by atoms with van der Waals surface area (Å²) in [6.45, 7) is 0. The predicted molar refractivity (Wildman–Crippen MR) is 116 cm³/mol. The number of carbonyl (C=O) groups excluding carboxylic acids is 1. The number of carbonyl (C=O) groups is 1. The van der Waals surface area contributed by atoms with E-state index in [0.717, 1.165) is 10.4 Å². The molecule has 162 valence electrons. The maximum Gasteiger partial charge on any atom is 0.416 e. The van der Waals surface area contributed by atoms with Crippen molar-refractivity contribution in [3.8, 4) is 0 Å².